The molecule has 11 nitrogen and oxygen atoms in total. The van der Waals surface area contributed by atoms with Crippen molar-refractivity contribution in [2.75, 3.05) is 11.9 Å². The van der Waals surface area contributed by atoms with Crippen LogP contribution in [0.5, 0.6) is 0 Å². The van der Waals surface area contributed by atoms with Crippen LogP contribution in [0, 0.1) is 0 Å². The second-order valence-corrected chi connectivity index (χ2v) is 8.00. The van der Waals surface area contributed by atoms with Crippen LogP contribution < -0.4 is 21.3 Å². The van der Waals surface area contributed by atoms with Crippen molar-refractivity contribution in [2.45, 2.75) is 32.4 Å². The van der Waals surface area contributed by atoms with Crippen LogP contribution in [0.1, 0.15) is 46.7 Å². The highest BCUT2D eigenvalue weighted by molar-refractivity contribution is 5.98. The molecule has 3 aromatic rings. The summed E-state index contributed by atoms with van der Waals surface area (Å²) in [6.07, 6.45) is 3.49. The molecular formula is C26H28N6O5. The van der Waals surface area contributed by atoms with Gasteiger partial charge in [0.1, 0.15) is 0 Å². The van der Waals surface area contributed by atoms with Gasteiger partial charge >= 0.3 is 12.0 Å². The van der Waals surface area contributed by atoms with E-state index in [-0.39, 0.29) is 25.1 Å². The Morgan fingerprint density at radius 1 is 0.946 bits per heavy atom. The Hall–Kier alpha value is -4.80. The predicted molar refractivity (Wildman–Crippen MR) is 136 cm³/mol. The summed E-state index contributed by atoms with van der Waals surface area (Å²) in [6.45, 7) is 1.77. The monoisotopic (exact) mass is 504 g/mol. The van der Waals surface area contributed by atoms with Gasteiger partial charge in [0.2, 0.25) is 5.91 Å². The van der Waals surface area contributed by atoms with Gasteiger partial charge in [0.05, 0.1) is 31.2 Å². The summed E-state index contributed by atoms with van der Waals surface area (Å²) in [4.78, 5) is 57.0. The van der Waals surface area contributed by atoms with Crippen molar-refractivity contribution in [1.82, 2.24) is 25.9 Å². The van der Waals surface area contributed by atoms with Gasteiger partial charge in [-0.2, -0.15) is 0 Å². The van der Waals surface area contributed by atoms with E-state index < -0.39 is 29.9 Å². The number of anilines is 1. The van der Waals surface area contributed by atoms with Crippen LogP contribution in [0.15, 0.2) is 67.0 Å². The number of nitrogens with one attached hydrogen (secondary N) is 4. The molecule has 11 heteroatoms. The lowest BCUT2D eigenvalue weighted by Gasteiger charge is -2.19. The highest BCUT2D eigenvalue weighted by Crippen LogP contribution is 2.20. The van der Waals surface area contributed by atoms with Gasteiger partial charge in [-0.1, -0.05) is 25.1 Å². The van der Waals surface area contributed by atoms with Crippen LogP contribution in [0.25, 0.3) is 0 Å². The molecule has 0 spiro atoms. The van der Waals surface area contributed by atoms with E-state index in [0.717, 1.165) is 0 Å². The third kappa shape index (κ3) is 8.42. The maximum atomic E-state index is 12.6. The van der Waals surface area contributed by atoms with Crippen molar-refractivity contribution in [2.24, 2.45) is 0 Å². The molecule has 0 bridgehead atoms. The molecule has 37 heavy (non-hydrogen) atoms. The Bertz CT molecular complexity index is 1250. The lowest BCUT2D eigenvalue weighted by Crippen LogP contribution is -2.39. The molecule has 3 rings (SSSR count). The number of carboxylic acids is 1. The molecule has 0 saturated carbocycles. The fourth-order valence-electron chi connectivity index (χ4n) is 3.57. The first-order chi connectivity index (χ1) is 17.9. The zero-order valence-corrected chi connectivity index (χ0v) is 20.2. The largest absolute Gasteiger partial charge is 0.481 e. The van der Waals surface area contributed by atoms with Crippen LogP contribution in [-0.4, -0.2) is 45.4 Å². The van der Waals surface area contributed by atoms with E-state index >= 15 is 0 Å². The van der Waals surface area contributed by atoms with Gasteiger partial charge in [-0.3, -0.25) is 24.4 Å². The third-order valence-electron chi connectivity index (χ3n) is 5.30. The molecule has 0 aliphatic carbocycles. The van der Waals surface area contributed by atoms with Crippen molar-refractivity contribution in [1.29, 1.82) is 0 Å². The Balaban J connectivity index is 1.54. The topological polar surface area (TPSA) is 162 Å². The quantitative estimate of drug-likeness (QED) is 0.268. The molecule has 5 N–H and O–H groups in total. The molecule has 1 atom stereocenters. The van der Waals surface area contributed by atoms with Gasteiger partial charge in [0.25, 0.3) is 5.91 Å². The van der Waals surface area contributed by atoms with Crippen molar-refractivity contribution in [3.63, 3.8) is 0 Å². The molecule has 0 saturated heterocycles. The molecule has 1 aromatic carbocycles. The summed E-state index contributed by atoms with van der Waals surface area (Å²) in [7, 11) is 0. The molecule has 1 unspecified atom stereocenters. The van der Waals surface area contributed by atoms with Crippen molar-refractivity contribution >= 4 is 29.5 Å². The lowest BCUT2D eigenvalue weighted by molar-refractivity contribution is -0.137. The second kappa shape index (κ2) is 13.3. The van der Waals surface area contributed by atoms with Crippen LogP contribution in [0.4, 0.5) is 10.5 Å². The van der Waals surface area contributed by atoms with Crippen molar-refractivity contribution < 1.29 is 24.3 Å². The number of hydrogen-bond donors (Lipinski definition) is 5. The van der Waals surface area contributed by atoms with Crippen LogP contribution in [0.2, 0.25) is 0 Å². The summed E-state index contributed by atoms with van der Waals surface area (Å²) in [5.74, 6) is -2.15. The zero-order chi connectivity index (χ0) is 26.6. The zero-order valence-electron chi connectivity index (χ0n) is 20.2. The number of carbonyl (C=O) groups is 4. The number of rotatable bonds is 11. The Morgan fingerprint density at radius 2 is 1.76 bits per heavy atom. The fourth-order valence-corrected chi connectivity index (χ4v) is 3.57. The molecule has 0 radical (unpaired) electrons. The maximum absolute atomic E-state index is 12.6. The number of urea groups is 1. The lowest BCUT2D eigenvalue weighted by atomic mass is 10.0. The Morgan fingerprint density at radius 3 is 2.49 bits per heavy atom. The molecular weight excluding hydrogens is 476 g/mol. The van der Waals surface area contributed by atoms with Crippen LogP contribution in [-0.2, 0) is 22.6 Å². The number of aliphatic carboxylic acids is 1. The number of aryl methyl sites for hydroxylation is 1. The highest BCUT2D eigenvalue weighted by atomic mass is 16.4. The summed E-state index contributed by atoms with van der Waals surface area (Å²) < 4.78 is 0. The first kappa shape index (κ1) is 26.8. The summed E-state index contributed by atoms with van der Waals surface area (Å²) in [5, 5.41) is 19.8. The standard InChI is InChI=1S/C26H28N6O5/c1-2-21-20(10-6-12-28-21)22(14-24(34)35)32-23(33)16-29-25(36)17-7-5-9-18(13-17)31-26(37)30-15-19-8-3-4-11-27-19/h3-13,22H,2,14-16H2,1H3,(H,29,36)(H,32,33)(H,34,35)(H2,30,31,37). The molecule has 192 valence electrons. The number of carboxylic acid groups (broad SMARTS) is 1. The number of aromatic nitrogens is 2. The van der Waals surface area contributed by atoms with Gasteiger partial charge in [-0.25, -0.2) is 4.79 Å². The molecule has 0 aliphatic rings. The summed E-state index contributed by atoms with van der Waals surface area (Å²) in [5.41, 5.74) is 2.63. The number of amides is 4. The number of hydrogen-bond acceptors (Lipinski definition) is 6. The number of pyridine rings is 2. The maximum Gasteiger partial charge on any atom is 0.319 e. The van der Waals surface area contributed by atoms with E-state index in [1.165, 1.54) is 6.07 Å². The van der Waals surface area contributed by atoms with E-state index in [1.54, 1.807) is 54.9 Å². The van der Waals surface area contributed by atoms with Gasteiger partial charge in [0, 0.05) is 29.3 Å². The minimum absolute atomic E-state index is 0.234. The van der Waals surface area contributed by atoms with Gasteiger partial charge in [-0.15, -0.1) is 0 Å². The minimum atomic E-state index is -1.08. The first-order valence-electron chi connectivity index (χ1n) is 11.6. The molecule has 2 aromatic heterocycles. The van der Waals surface area contributed by atoms with Crippen molar-refractivity contribution in [3.05, 3.63) is 89.5 Å². The third-order valence-corrected chi connectivity index (χ3v) is 5.30. The number of nitrogens with zero attached hydrogens (tertiary/aromatic N) is 2. The van der Waals surface area contributed by atoms with E-state index in [9.17, 15) is 24.3 Å². The average molecular weight is 505 g/mol. The van der Waals surface area contributed by atoms with E-state index in [2.05, 4.69) is 31.2 Å². The van der Waals surface area contributed by atoms with Crippen LogP contribution >= 0.6 is 0 Å². The second-order valence-electron chi connectivity index (χ2n) is 8.00. The number of carbonyl (C=O) groups excluding carboxylic acids is 3. The SMILES string of the molecule is CCc1ncccc1C(CC(=O)O)NC(=O)CNC(=O)c1cccc(NC(=O)NCc2ccccn2)c1. The van der Waals surface area contributed by atoms with E-state index in [0.29, 0.717) is 29.1 Å². The number of benzene rings is 1. The van der Waals surface area contributed by atoms with Crippen LogP contribution in [0.3, 0.4) is 0 Å². The summed E-state index contributed by atoms with van der Waals surface area (Å²) in [6, 6.07) is 13.8. The van der Waals surface area contributed by atoms with E-state index in [4.69, 9.17) is 0 Å². The van der Waals surface area contributed by atoms with Gasteiger partial charge < -0.3 is 26.4 Å². The normalized spacial score (nSPS) is 11.2. The first-order valence-corrected chi connectivity index (χ1v) is 11.6. The van der Waals surface area contributed by atoms with Crippen molar-refractivity contribution in [3.8, 4) is 0 Å². The van der Waals surface area contributed by atoms with Gasteiger partial charge in [-0.05, 0) is 48.4 Å². The van der Waals surface area contributed by atoms with E-state index in [1.807, 2.05) is 13.0 Å². The minimum Gasteiger partial charge on any atom is -0.481 e. The average Bonchev–Trinajstić information content (AvgIpc) is 2.90. The Kier molecular flexibility index (Phi) is 9.66. The van der Waals surface area contributed by atoms with Gasteiger partial charge in [0.15, 0.2) is 0 Å². The molecule has 0 fully saturated rings. The molecule has 2 heterocycles. The fraction of sp³-hybridized carbons (Fsp3) is 0.231. The Labute approximate surface area is 213 Å². The smallest absolute Gasteiger partial charge is 0.319 e. The molecule has 0 aliphatic heterocycles. The molecule has 4 amide bonds. The predicted octanol–water partition coefficient (Wildman–Crippen LogP) is 2.42. The summed E-state index contributed by atoms with van der Waals surface area (Å²) >= 11 is 0. The highest BCUT2D eigenvalue weighted by Gasteiger charge is 2.21.